The van der Waals surface area contributed by atoms with Crippen molar-refractivity contribution in [3.05, 3.63) is 60.7 Å². The fraction of sp³-hybridized carbons (Fsp3) is 0.500. The van der Waals surface area contributed by atoms with Crippen LogP contribution in [-0.2, 0) is 22.7 Å². The van der Waals surface area contributed by atoms with Crippen molar-refractivity contribution in [3.63, 3.8) is 0 Å². The number of nitrogens with zero attached hydrogens (tertiary/aromatic N) is 2. The molecule has 0 heterocycles. The molecule has 0 saturated heterocycles. The lowest BCUT2D eigenvalue weighted by Crippen LogP contribution is -2.41. The summed E-state index contributed by atoms with van der Waals surface area (Å²) >= 11 is 0. The first-order valence-electron chi connectivity index (χ1n) is 10.6. The lowest BCUT2D eigenvalue weighted by molar-refractivity contribution is -0.904. The normalized spacial score (nSPS) is 11.6. The Morgan fingerprint density at radius 2 is 1.10 bits per heavy atom. The number of hydrogen-bond acceptors (Lipinski definition) is 2. The number of carbonyl (C=O) groups is 2. The van der Waals surface area contributed by atoms with E-state index in [1.165, 1.54) is 23.3 Å². The summed E-state index contributed by atoms with van der Waals surface area (Å²) in [7, 11) is 8.87. The molecular weight excluding hydrogens is 376 g/mol. The van der Waals surface area contributed by atoms with Crippen LogP contribution >= 0.6 is 0 Å². The summed E-state index contributed by atoms with van der Waals surface area (Å²) in [5.41, 5.74) is 2.63. The van der Waals surface area contributed by atoms with Crippen molar-refractivity contribution in [3.8, 4) is 0 Å². The van der Waals surface area contributed by atoms with E-state index in [0.717, 1.165) is 48.0 Å². The van der Waals surface area contributed by atoms with Gasteiger partial charge >= 0.3 is 0 Å². The van der Waals surface area contributed by atoms with Gasteiger partial charge < -0.3 is 19.6 Å². The Labute approximate surface area is 182 Å². The van der Waals surface area contributed by atoms with Crippen LogP contribution in [0.25, 0.3) is 0 Å². The number of hydrogen-bond donors (Lipinski definition) is 2. The van der Waals surface area contributed by atoms with E-state index in [1.54, 1.807) is 0 Å². The van der Waals surface area contributed by atoms with E-state index in [2.05, 4.69) is 76.2 Å². The molecule has 6 heteroatoms. The number of nitrogens with one attached hydrogen (secondary N) is 2. The van der Waals surface area contributed by atoms with Crippen molar-refractivity contribution in [2.24, 2.45) is 0 Å². The van der Waals surface area contributed by atoms with E-state index in [-0.39, 0.29) is 11.8 Å². The maximum Gasteiger partial charge on any atom is 0.243 e. The van der Waals surface area contributed by atoms with Gasteiger partial charge in [-0.25, -0.2) is 0 Å². The van der Waals surface area contributed by atoms with Crippen LogP contribution in [-0.4, -0.2) is 75.2 Å². The zero-order valence-electron chi connectivity index (χ0n) is 19.2. The molecule has 166 valence electrons. The summed E-state index contributed by atoms with van der Waals surface area (Å²) in [6, 6.07) is 8.89. The maximum atomic E-state index is 11.2. The van der Waals surface area contributed by atoms with Crippen LogP contribution in [0.5, 0.6) is 0 Å². The van der Waals surface area contributed by atoms with Gasteiger partial charge in [0.25, 0.3) is 0 Å². The minimum Gasteiger partial charge on any atom is -0.352 e. The van der Waals surface area contributed by atoms with Gasteiger partial charge in [-0.15, -0.1) is 0 Å². The molecule has 2 amide bonds. The summed E-state index contributed by atoms with van der Waals surface area (Å²) < 4.78 is 1.75. The van der Waals surface area contributed by atoms with Crippen molar-refractivity contribution in [1.82, 2.24) is 10.6 Å². The van der Waals surface area contributed by atoms with Gasteiger partial charge in [0.15, 0.2) is 0 Å². The maximum absolute atomic E-state index is 11.2. The highest BCUT2D eigenvalue weighted by Gasteiger charge is 2.18. The van der Waals surface area contributed by atoms with Gasteiger partial charge in [0, 0.05) is 37.1 Å². The average molecular weight is 417 g/mol. The first-order valence-corrected chi connectivity index (χ1v) is 10.6. The molecule has 0 aliphatic heterocycles. The Morgan fingerprint density at radius 3 is 1.40 bits per heavy atom. The minimum atomic E-state index is -0.112. The van der Waals surface area contributed by atoms with Crippen molar-refractivity contribution in [1.29, 1.82) is 0 Å². The van der Waals surface area contributed by atoms with Crippen molar-refractivity contribution >= 4 is 11.8 Å². The van der Waals surface area contributed by atoms with E-state index >= 15 is 0 Å². The van der Waals surface area contributed by atoms with Gasteiger partial charge in [-0.05, 0) is 12.2 Å². The molecule has 0 aliphatic rings. The Morgan fingerprint density at radius 1 is 0.767 bits per heavy atom. The number of carbonyl (C=O) groups excluding carboxylic acids is 2. The average Bonchev–Trinajstić information content (AvgIpc) is 2.69. The first-order chi connectivity index (χ1) is 14.1. The second-order valence-corrected chi connectivity index (χ2v) is 9.15. The van der Waals surface area contributed by atoms with Crippen LogP contribution in [0.3, 0.4) is 0 Å². The van der Waals surface area contributed by atoms with E-state index in [0.29, 0.717) is 13.1 Å². The Bertz CT molecular complexity index is 647. The topological polar surface area (TPSA) is 58.2 Å². The molecule has 6 nitrogen and oxygen atoms in total. The third-order valence-corrected chi connectivity index (χ3v) is 5.09. The zero-order valence-corrected chi connectivity index (χ0v) is 19.2. The summed E-state index contributed by atoms with van der Waals surface area (Å²) in [5, 5.41) is 5.66. The van der Waals surface area contributed by atoms with Crippen LogP contribution < -0.4 is 10.6 Å². The van der Waals surface area contributed by atoms with Gasteiger partial charge in [0.1, 0.15) is 13.1 Å². The molecule has 0 spiro atoms. The standard InChI is InChI=1S/C24H38N4O2/c1-7-23(29)25-15-9-17-27(3,4)19-21-11-13-22(14-12-21)20-28(5,6)18-10-16-26-24(30)8-2/h7-8,11-14H,1-2,9-10,15-20H2,3-6H3/p+2. The molecule has 0 radical (unpaired) electrons. The monoisotopic (exact) mass is 416 g/mol. The molecule has 2 N–H and O–H groups in total. The molecule has 30 heavy (non-hydrogen) atoms. The SMILES string of the molecule is C=CC(=O)NCCC[N+](C)(C)Cc1ccc(C[N+](C)(C)CCCNC(=O)C=C)cc1. The second-order valence-electron chi connectivity index (χ2n) is 9.15. The van der Waals surface area contributed by atoms with Gasteiger partial charge in [-0.1, -0.05) is 37.4 Å². The van der Waals surface area contributed by atoms with Gasteiger partial charge in [-0.2, -0.15) is 0 Å². The lowest BCUT2D eigenvalue weighted by atomic mass is 10.1. The molecule has 1 aromatic carbocycles. The third kappa shape index (κ3) is 10.9. The third-order valence-electron chi connectivity index (χ3n) is 5.09. The number of rotatable bonds is 14. The molecule has 0 aliphatic carbocycles. The van der Waals surface area contributed by atoms with E-state index < -0.39 is 0 Å². The van der Waals surface area contributed by atoms with E-state index in [9.17, 15) is 9.59 Å². The molecule has 0 unspecified atom stereocenters. The highest BCUT2D eigenvalue weighted by atomic mass is 16.2. The number of quaternary nitrogens is 2. The van der Waals surface area contributed by atoms with Gasteiger partial charge in [-0.3, -0.25) is 9.59 Å². The molecule has 0 atom stereocenters. The molecule has 1 aromatic rings. The Hall–Kier alpha value is -2.44. The fourth-order valence-electron chi connectivity index (χ4n) is 3.48. The Balaban J connectivity index is 2.45. The highest BCUT2D eigenvalue weighted by molar-refractivity contribution is 5.87. The van der Waals surface area contributed by atoms with Gasteiger partial charge in [0.2, 0.25) is 11.8 Å². The molecule has 0 aromatic heterocycles. The highest BCUT2D eigenvalue weighted by Crippen LogP contribution is 2.15. The van der Waals surface area contributed by atoms with E-state index in [4.69, 9.17) is 0 Å². The summed E-state index contributed by atoms with van der Waals surface area (Å²) in [6.45, 7) is 12.2. The van der Waals surface area contributed by atoms with Crippen molar-refractivity contribution in [2.45, 2.75) is 25.9 Å². The predicted octanol–water partition coefficient (Wildman–Crippen LogP) is 2.22. The fourth-order valence-corrected chi connectivity index (χ4v) is 3.48. The van der Waals surface area contributed by atoms with Crippen LogP contribution in [0.2, 0.25) is 0 Å². The molecule has 0 fully saturated rings. The van der Waals surface area contributed by atoms with E-state index in [1.807, 2.05) is 0 Å². The second kappa shape index (κ2) is 12.3. The number of amides is 2. The summed E-state index contributed by atoms with van der Waals surface area (Å²) in [4.78, 5) is 22.4. The van der Waals surface area contributed by atoms with Gasteiger partial charge in [0.05, 0.1) is 41.3 Å². The first kappa shape index (κ1) is 25.6. The molecule has 0 saturated carbocycles. The lowest BCUT2D eigenvalue weighted by Gasteiger charge is -2.31. The Kier molecular flexibility index (Phi) is 10.5. The smallest absolute Gasteiger partial charge is 0.243 e. The summed E-state index contributed by atoms with van der Waals surface area (Å²) in [5.74, 6) is -0.225. The van der Waals surface area contributed by atoms with Crippen molar-refractivity contribution in [2.75, 3.05) is 54.4 Å². The molecule has 1 rings (SSSR count). The zero-order chi connectivity index (χ0) is 22.6. The quantitative estimate of drug-likeness (QED) is 0.278. The summed E-state index contributed by atoms with van der Waals surface area (Å²) in [6.07, 6.45) is 4.48. The predicted molar refractivity (Wildman–Crippen MR) is 123 cm³/mol. The van der Waals surface area contributed by atoms with Crippen molar-refractivity contribution < 1.29 is 18.6 Å². The molecular formula is C24H40N4O2+2. The molecule has 0 bridgehead atoms. The number of benzene rings is 1. The van der Waals surface area contributed by atoms with Crippen LogP contribution in [0, 0.1) is 0 Å². The van der Waals surface area contributed by atoms with Crippen LogP contribution in [0.1, 0.15) is 24.0 Å². The van der Waals surface area contributed by atoms with Crippen LogP contribution in [0.15, 0.2) is 49.6 Å². The van der Waals surface area contributed by atoms with Crippen LogP contribution in [0.4, 0.5) is 0 Å². The minimum absolute atomic E-state index is 0.112. The largest absolute Gasteiger partial charge is 0.352 e.